The standard InChI is InChI=1S/C23H20F2N4/c1-15-9-11-16(12-10-15)14-20(19-8-4-5-13-26-19)28-22-17-6-2-3-7-18(17)27-23(29-22)21(24)25/h2-13,20-21H,14H2,1H3,(H,27,28,29). The number of hydrogen-bond acceptors (Lipinski definition) is 4. The monoisotopic (exact) mass is 390 g/mol. The van der Waals surface area contributed by atoms with E-state index in [1.165, 1.54) is 5.56 Å². The van der Waals surface area contributed by atoms with Crippen molar-refractivity contribution in [2.45, 2.75) is 25.8 Å². The lowest BCUT2D eigenvalue weighted by Gasteiger charge is -2.20. The number of hydrogen-bond donors (Lipinski definition) is 1. The lowest BCUT2D eigenvalue weighted by molar-refractivity contribution is 0.141. The summed E-state index contributed by atoms with van der Waals surface area (Å²) in [4.78, 5) is 12.6. The minimum Gasteiger partial charge on any atom is -0.361 e. The van der Waals surface area contributed by atoms with Crippen LogP contribution in [0.4, 0.5) is 14.6 Å². The number of nitrogens with zero attached hydrogens (tertiary/aromatic N) is 3. The van der Waals surface area contributed by atoms with Crippen molar-refractivity contribution in [3.8, 4) is 0 Å². The molecule has 2 aromatic carbocycles. The Labute approximate surface area is 167 Å². The molecule has 2 heterocycles. The zero-order valence-corrected chi connectivity index (χ0v) is 15.9. The molecule has 146 valence electrons. The maximum atomic E-state index is 13.4. The minimum atomic E-state index is -2.74. The molecule has 6 heteroatoms. The van der Waals surface area contributed by atoms with Crippen LogP contribution < -0.4 is 5.32 Å². The first-order valence-corrected chi connectivity index (χ1v) is 9.38. The number of rotatable bonds is 6. The molecule has 4 nitrogen and oxygen atoms in total. The second kappa shape index (κ2) is 8.31. The zero-order chi connectivity index (χ0) is 20.2. The number of fused-ring (bicyclic) bond motifs is 1. The summed E-state index contributed by atoms with van der Waals surface area (Å²) < 4.78 is 26.7. The summed E-state index contributed by atoms with van der Waals surface area (Å²) in [6, 6.07) is 20.8. The summed E-state index contributed by atoms with van der Waals surface area (Å²) in [6.07, 6.45) is -0.382. The molecule has 0 spiro atoms. The molecular weight excluding hydrogens is 370 g/mol. The smallest absolute Gasteiger partial charge is 0.297 e. The highest BCUT2D eigenvalue weighted by molar-refractivity contribution is 5.89. The SMILES string of the molecule is Cc1ccc(CC(Nc2nc(C(F)F)nc3ccccc23)c2ccccn2)cc1. The van der Waals surface area contributed by atoms with E-state index in [1.54, 1.807) is 18.3 Å². The Hall–Kier alpha value is -3.41. The number of anilines is 1. The van der Waals surface area contributed by atoms with Crippen LogP contribution in [0.1, 0.15) is 35.1 Å². The number of nitrogens with one attached hydrogen (secondary N) is 1. The Morgan fingerprint density at radius 2 is 1.66 bits per heavy atom. The van der Waals surface area contributed by atoms with Gasteiger partial charge in [0.1, 0.15) is 5.82 Å². The first kappa shape index (κ1) is 18.9. The average Bonchev–Trinajstić information content (AvgIpc) is 2.75. The molecule has 0 radical (unpaired) electrons. The number of alkyl halides is 2. The predicted octanol–water partition coefficient (Wildman–Crippen LogP) is 5.67. The van der Waals surface area contributed by atoms with Crippen molar-refractivity contribution in [1.82, 2.24) is 15.0 Å². The van der Waals surface area contributed by atoms with E-state index in [4.69, 9.17) is 0 Å². The molecule has 1 N–H and O–H groups in total. The first-order valence-electron chi connectivity index (χ1n) is 9.38. The zero-order valence-electron chi connectivity index (χ0n) is 15.9. The summed E-state index contributed by atoms with van der Waals surface area (Å²) in [5.74, 6) is -0.102. The summed E-state index contributed by atoms with van der Waals surface area (Å²) >= 11 is 0. The van der Waals surface area contributed by atoms with Crippen molar-refractivity contribution >= 4 is 16.7 Å². The lowest BCUT2D eigenvalue weighted by atomic mass is 10.0. The van der Waals surface area contributed by atoms with Crippen molar-refractivity contribution in [2.24, 2.45) is 0 Å². The van der Waals surface area contributed by atoms with Gasteiger partial charge < -0.3 is 5.32 Å². The molecule has 0 amide bonds. The van der Waals surface area contributed by atoms with Gasteiger partial charge in [0, 0.05) is 11.6 Å². The van der Waals surface area contributed by atoms with Crippen LogP contribution in [0.3, 0.4) is 0 Å². The van der Waals surface area contributed by atoms with E-state index in [0.717, 1.165) is 11.3 Å². The Morgan fingerprint density at radius 1 is 0.897 bits per heavy atom. The van der Waals surface area contributed by atoms with Crippen LogP contribution in [0.5, 0.6) is 0 Å². The first-order chi connectivity index (χ1) is 14.1. The molecule has 1 atom stereocenters. The van der Waals surface area contributed by atoms with Gasteiger partial charge >= 0.3 is 0 Å². The maximum Gasteiger partial charge on any atom is 0.297 e. The van der Waals surface area contributed by atoms with Crippen LogP contribution in [-0.2, 0) is 6.42 Å². The Balaban J connectivity index is 1.75. The largest absolute Gasteiger partial charge is 0.361 e. The summed E-state index contributed by atoms with van der Waals surface area (Å²) in [6.45, 7) is 2.04. The fourth-order valence-corrected chi connectivity index (χ4v) is 3.24. The lowest BCUT2D eigenvalue weighted by Crippen LogP contribution is -2.17. The molecule has 0 aliphatic carbocycles. The number of aryl methyl sites for hydroxylation is 1. The van der Waals surface area contributed by atoms with E-state index < -0.39 is 12.2 Å². The van der Waals surface area contributed by atoms with Gasteiger partial charge in [-0.1, -0.05) is 48.0 Å². The fraction of sp³-hybridized carbons (Fsp3) is 0.174. The molecular formula is C23H20F2N4. The molecule has 0 fully saturated rings. The van der Waals surface area contributed by atoms with Crippen molar-refractivity contribution in [2.75, 3.05) is 5.32 Å². The van der Waals surface area contributed by atoms with Gasteiger partial charge in [0.15, 0.2) is 5.82 Å². The molecule has 0 aliphatic rings. The van der Waals surface area contributed by atoms with E-state index in [9.17, 15) is 8.78 Å². The van der Waals surface area contributed by atoms with Crippen LogP contribution in [0.15, 0.2) is 72.9 Å². The second-order valence-electron chi connectivity index (χ2n) is 6.89. The van der Waals surface area contributed by atoms with Gasteiger partial charge in [-0.15, -0.1) is 0 Å². The Bertz CT molecular complexity index is 1100. The van der Waals surface area contributed by atoms with Gasteiger partial charge in [0.05, 0.1) is 17.3 Å². The number of aromatic nitrogens is 3. The van der Waals surface area contributed by atoms with E-state index in [2.05, 4.69) is 44.5 Å². The topological polar surface area (TPSA) is 50.7 Å². The van der Waals surface area contributed by atoms with Gasteiger partial charge in [0.2, 0.25) is 0 Å². The number of benzene rings is 2. The number of pyridine rings is 1. The van der Waals surface area contributed by atoms with Crippen LogP contribution in [0.2, 0.25) is 0 Å². The van der Waals surface area contributed by atoms with Gasteiger partial charge in [-0.25, -0.2) is 18.7 Å². The number of halogens is 2. The molecule has 2 aromatic heterocycles. The third kappa shape index (κ3) is 4.37. The maximum absolute atomic E-state index is 13.4. The third-order valence-electron chi connectivity index (χ3n) is 4.73. The summed E-state index contributed by atoms with van der Waals surface area (Å²) in [7, 11) is 0. The van der Waals surface area contributed by atoms with Gasteiger partial charge in [-0.05, 0) is 43.2 Å². The molecule has 0 saturated carbocycles. The molecule has 4 rings (SSSR count). The molecule has 0 saturated heterocycles. The summed E-state index contributed by atoms with van der Waals surface area (Å²) in [5, 5.41) is 4.05. The fourth-order valence-electron chi connectivity index (χ4n) is 3.24. The molecule has 1 unspecified atom stereocenters. The number of para-hydroxylation sites is 1. The van der Waals surface area contributed by atoms with Crippen molar-refractivity contribution in [3.05, 3.63) is 95.6 Å². The molecule has 0 bridgehead atoms. The van der Waals surface area contributed by atoms with E-state index in [1.807, 2.05) is 37.3 Å². The molecule has 29 heavy (non-hydrogen) atoms. The molecule has 0 aliphatic heterocycles. The third-order valence-corrected chi connectivity index (χ3v) is 4.73. The van der Waals surface area contributed by atoms with Gasteiger partial charge in [0.25, 0.3) is 6.43 Å². The highest BCUT2D eigenvalue weighted by Gasteiger charge is 2.19. The predicted molar refractivity (Wildman–Crippen MR) is 110 cm³/mol. The van der Waals surface area contributed by atoms with Crippen LogP contribution in [0, 0.1) is 6.92 Å². The Kier molecular flexibility index (Phi) is 5.42. The second-order valence-corrected chi connectivity index (χ2v) is 6.89. The van der Waals surface area contributed by atoms with Crippen LogP contribution >= 0.6 is 0 Å². The minimum absolute atomic E-state index is 0.234. The molecule has 4 aromatic rings. The normalized spacial score (nSPS) is 12.3. The quantitative estimate of drug-likeness (QED) is 0.461. The van der Waals surface area contributed by atoms with Gasteiger partial charge in [-0.2, -0.15) is 0 Å². The van der Waals surface area contributed by atoms with Crippen LogP contribution in [0.25, 0.3) is 10.9 Å². The highest BCUT2D eigenvalue weighted by Crippen LogP contribution is 2.28. The van der Waals surface area contributed by atoms with Crippen LogP contribution in [-0.4, -0.2) is 15.0 Å². The van der Waals surface area contributed by atoms with E-state index in [-0.39, 0.29) is 6.04 Å². The van der Waals surface area contributed by atoms with Crippen molar-refractivity contribution in [3.63, 3.8) is 0 Å². The van der Waals surface area contributed by atoms with Crippen molar-refractivity contribution < 1.29 is 8.78 Å². The van der Waals surface area contributed by atoms with Gasteiger partial charge in [-0.3, -0.25) is 4.98 Å². The Morgan fingerprint density at radius 3 is 2.38 bits per heavy atom. The summed E-state index contributed by atoms with van der Waals surface area (Å²) in [5.41, 5.74) is 3.59. The van der Waals surface area contributed by atoms with E-state index >= 15 is 0 Å². The van der Waals surface area contributed by atoms with Crippen molar-refractivity contribution in [1.29, 1.82) is 0 Å². The van der Waals surface area contributed by atoms with E-state index in [0.29, 0.717) is 23.1 Å². The highest BCUT2D eigenvalue weighted by atomic mass is 19.3. The average molecular weight is 390 g/mol.